The molecule has 0 radical (unpaired) electrons. The second-order valence-electron chi connectivity index (χ2n) is 5.50. The molecule has 1 aliphatic heterocycles. The van der Waals surface area contributed by atoms with Gasteiger partial charge in [-0.1, -0.05) is 48.5 Å². The van der Waals surface area contributed by atoms with E-state index in [-0.39, 0.29) is 5.91 Å². The summed E-state index contributed by atoms with van der Waals surface area (Å²) >= 11 is 11.9. The molecule has 0 spiro atoms. The predicted molar refractivity (Wildman–Crippen MR) is 91.7 cm³/mol. The van der Waals surface area contributed by atoms with Crippen LogP contribution in [0.3, 0.4) is 0 Å². The summed E-state index contributed by atoms with van der Waals surface area (Å²) in [6, 6.07) is 5.14. The van der Waals surface area contributed by atoms with Gasteiger partial charge in [-0.05, 0) is 38.1 Å². The normalized spacial score (nSPS) is 17.2. The van der Waals surface area contributed by atoms with Crippen LogP contribution in [0, 0.1) is 0 Å². The van der Waals surface area contributed by atoms with Crippen molar-refractivity contribution in [2.75, 3.05) is 19.6 Å². The molecule has 0 atom stereocenters. The van der Waals surface area contributed by atoms with Gasteiger partial charge in [-0.2, -0.15) is 5.10 Å². The van der Waals surface area contributed by atoms with E-state index in [0.29, 0.717) is 16.6 Å². The fraction of sp³-hybridized carbons (Fsp3) is 0.500. The Balaban J connectivity index is 1.80. The van der Waals surface area contributed by atoms with Crippen molar-refractivity contribution in [2.45, 2.75) is 32.1 Å². The Morgan fingerprint density at radius 1 is 1.18 bits per heavy atom. The highest BCUT2D eigenvalue weighted by Gasteiger charge is 2.11. The minimum atomic E-state index is -0.0955. The molecule has 22 heavy (non-hydrogen) atoms. The third-order valence-electron chi connectivity index (χ3n) is 3.67. The number of nitrogens with zero attached hydrogens (tertiary/aromatic N) is 2. The van der Waals surface area contributed by atoms with Crippen molar-refractivity contribution in [3.63, 3.8) is 0 Å². The third kappa shape index (κ3) is 5.95. The highest BCUT2D eigenvalue weighted by molar-refractivity contribution is 6.36. The summed E-state index contributed by atoms with van der Waals surface area (Å²) < 4.78 is 0. The van der Waals surface area contributed by atoms with E-state index in [1.54, 1.807) is 18.2 Å². The zero-order chi connectivity index (χ0) is 15.8. The number of rotatable bonds is 4. The Kier molecular flexibility index (Phi) is 7.16. The van der Waals surface area contributed by atoms with Gasteiger partial charge in [0.25, 0.3) is 5.91 Å². The predicted octanol–water partition coefficient (Wildman–Crippen LogP) is 3.71. The number of benzene rings is 1. The number of amides is 1. The van der Waals surface area contributed by atoms with Crippen molar-refractivity contribution < 1.29 is 4.79 Å². The molecular weight excluding hydrogens is 321 g/mol. The lowest BCUT2D eigenvalue weighted by molar-refractivity contribution is -0.122. The number of likely N-dealkylation sites (tertiary alicyclic amines) is 1. The van der Waals surface area contributed by atoms with Crippen LogP contribution in [0.4, 0.5) is 0 Å². The SMILES string of the molecule is O=C(CN1CCCCCCC1)N/N=C/c1ccc(Cl)cc1Cl. The summed E-state index contributed by atoms with van der Waals surface area (Å²) in [5, 5.41) is 5.04. The Bertz CT molecular complexity index is 526. The maximum Gasteiger partial charge on any atom is 0.254 e. The molecule has 4 nitrogen and oxygen atoms in total. The van der Waals surface area contributed by atoms with Crippen LogP contribution >= 0.6 is 23.2 Å². The molecule has 1 fully saturated rings. The first-order valence-electron chi connectivity index (χ1n) is 7.64. The highest BCUT2D eigenvalue weighted by atomic mass is 35.5. The first-order valence-corrected chi connectivity index (χ1v) is 8.40. The summed E-state index contributed by atoms with van der Waals surface area (Å²) in [6.07, 6.45) is 7.68. The van der Waals surface area contributed by atoms with Gasteiger partial charge in [0.15, 0.2) is 0 Å². The molecular formula is C16H21Cl2N3O. The lowest BCUT2D eigenvalue weighted by atomic mass is 10.1. The van der Waals surface area contributed by atoms with Gasteiger partial charge in [0.05, 0.1) is 17.8 Å². The first-order chi connectivity index (χ1) is 10.6. The molecule has 1 aliphatic rings. The number of hydrazone groups is 1. The average Bonchev–Trinajstić information content (AvgIpc) is 2.44. The van der Waals surface area contributed by atoms with Crippen LogP contribution in [-0.2, 0) is 4.79 Å². The Morgan fingerprint density at radius 2 is 1.86 bits per heavy atom. The lowest BCUT2D eigenvalue weighted by Gasteiger charge is -2.23. The summed E-state index contributed by atoms with van der Waals surface area (Å²) in [7, 11) is 0. The van der Waals surface area contributed by atoms with Gasteiger partial charge < -0.3 is 0 Å². The number of halogens is 2. The van der Waals surface area contributed by atoms with E-state index >= 15 is 0 Å². The first kappa shape index (κ1) is 17.3. The van der Waals surface area contributed by atoms with Crippen molar-refractivity contribution in [1.29, 1.82) is 0 Å². The van der Waals surface area contributed by atoms with Crippen molar-refractivity contribution >= 4 is 35.3 Å². The Hall–Kier alpha value is -1.10. The van der Waals surface area contributed by atoms with Gasteiger partial charge in [-0.15, -0.1) is 0 Å². The van der Waals surface area contributed by atoms with Crippen LogP contribution in [0.2, 0.25) is 10.0 Å². The molecule has 1 N–H and O–H groups in total. The molecule has 1 amide bonds. The van der Waals surface area contributed by atoms with Gasteiger partial charge in [0.1, 0.15) is 0 Å². The van der Waals surface area contributed by atoms with E-state index in [1.807, 2.05) is 0 Å². The monoisotopic (exact) mass is 341 g/mol. The van der Waals surface area contributed by atoms with Gasteiger partial charge in [0.2, 0.25) is 0 Å². The Morgan fingerprint density at radius 3 is 2.55 bits per heavy atom. The number of carbonyl (C=O) groups excluding carboxylic acids is 1. The van der Waals surface area contributed by atoms with Gasteiger partial charge >= 0.3 is 0 Å². The molecule has 1 aromatic carbocycles. The lowest BCUT2D eigenvalue weighted by Crippen LogP contribution is -2.37. The molecule has 0 saturated carbocycles. The van der Waals surface area contributed by atoms with Crippen LogP contribution in [0.15, 0.2) is 23.3 Å². The molecule has 1 aromatic rings. The van der Waals surface area contributed by atoms with Crippen LogP contribution in [0.25, 0.3) is 0 Å². The molecule has 6 heteroatoms. The van der Waals surface area contributed by atoms with Crippen LogP contribution in [-0.4, -0.2) is 36.7 Å². The van der Waals surface area contributed by atoms with Crippen molar-refractivity contribution in [2.24, 2.45) is 5.10 Å². The standard InChI is InChI=1S/C16H21Cl2N3O/c17-14-7-6-13(15(18)10-14)11-19-20-16(22)12-21-8-4-2-1-3-5-9-21/h6-7,10-11H,1-5,8-9,12H2,(H,20,22)/b19-11+. The maximum atomic E-state index is 11.9. The highest BCUT2D eigenvalue weighted by Crippen LogP contribution is 2.19. The fourth-order valence-corrected chi connectivity index (χ4v) is 2.95. The zero-order valence-electron chi connectivity index (χ0n) is 12.5. The van der Waals surface area contributed by atoms with E-state index in [1.165, 1.54) is 25.5 Å². The minimum Gasteiger partial charge on any atom is -0.294 e. The molecule has 0 unspecified atom stereocenters. The van der Waals surface area contributed by atoms with Crippen LogP contribution in [0.5, 0.6) is 0 Å². The van der Waals surface area contributed by atoms with E-state index in [9.17, 15) is 4.79 Å². The van der Waals surface area contributed by atoms with Crippen LogP contribution < -0.4 is 5.43 Å². The van der Waals surface area contributed by atoms with E-state index in [4.69, 9.17) is 23.2 Å². The van der Waals surface area contributed by atoms with Crippen LogP contribution in [0.1, 0.15) is 37.7 Å². The maximum absolute atomic E-state index is 11.9. The van der Waals surface area contributed by atoms with Gasteiger partial charge in [-0.25, -0.2) is 5.43 Å². The van der Waals surface area contributed by atoms with Crippen molar-refractivity contribution in [1.82, 2.24) is 10.3 Å². The molecule has 1 saturated heterocycles. The van der Waals surface area contributed by atoms with E-state index in [0.717, 1.165) is 31.5 Å². The summed E-state index contributed by atoms with van der Waals surface area (Å²) in [5.41, 5.74) is 3.27. The van der Waals surface area contributed by atoms with E-state index in [2.05, 4.69) is 15.4 Å². The average molecular weight is 342 g/mol. The molecule has 1 heterocycles. The molecule has 2 rings (SSSR count). The second-order valence-corrected chi connectivity index (χ2v) is 6.35. The molecule has 120 valence electrons. The minimum absolute atomic E-state index is 0.0955. The molecule has 0 aromatic heterocycles. The zero-order valence-corrected chi connectivity index (χ0v) is 14.0. The largest absolute Gasteiger partial charge is 0.294 e. The molecule has 0 aliphatic carbocycles. The van der Waals surface area contributed by atoms with Gasteiger partial charge in [0, 0.05) is 10.6 Å². The second kappa shape index (κ2) is 9.13. The summed E-state index contributed by atoms with van der Waals surface area (Å²) in [5.74, 6) is -0.0955. The van der Waals surface area contributed by atoms with Crippen molar-refractivity contribution in [3.05, 3.63) is 33.8 Å². The number of hydrogen-bond acceptors (Lipinski definition) is 3. The topological polar surface area (TPSA) is 44.7 Å². The fourth-order valence-electron chi connectivity index (χ4n) is 2.49. The number of hydrogen-bond donors (Lipinski definition) is 1. The summed E-state index contributed by atoms with van der Waals surface area (Å²) in [4.78, 5) is 14.1. The van der Waals surface area contributed by atoms with Crippen molar-refractivity contribution in [3.8, 4) is 0 Å². The van der Waals surface area contributed by atoms with E-state index < -0.39 is 0 Å². The summed E-state index contributed by atoms with van der Waals surface area (Å²) in [6.45, 7) is 2.37. The number of carbonyl (C=O) groups is 1. The smallest absolute Gasteiger partial charge is 0.254 e. The Labute approximate surface area is 141 Å². The number of nitrogens with one attached hydrogen (secondary N) is 1. The van der Waals surface area contributed by atoms with Gasteiger partial charge in [-0.3, -0.25) is 9.69 Å². The molecule has 0 bridgehead atoms. The quantitative estimate of drug-likeness (QED) is 0.670. The third-order valence-corrected chi connectivity index (χ3v) is 4.23.